The SMILES string of the molecule is CCN1CCN(CC(=O)[O-])CC1. The molecule has 0 aromatic carbocycles. The molecule has 0 N–H and O–H groups in total. The number of carbonyl (C=O) groups is 1. The summed E-state index contributed by atoms with van der Waals surface area (Å²) >= 11 is 0. The van der Waals surface area contributed by atoms with Gasteiger partial charge in [-0.15, -0.1) is 0 Å². The summed E-state index contributed by atoms with van der Waals surface area (Å²) in [5, 5.41) is 10.3. The Morgan fingerprint density at radius 1 is 1.25 bits per heavy atom. The van der Waals surface area contributed by atoms with Crippen LogP contribution in [0, 0.1) is 0 Å². The molecular weight excluding hydrogens is 156 g/mol. The Balaban J connectivity index is 2.21. The number of aliphatic carboxylic acids is 1. The van der Waals surface area contributed by atoms with E-state index in [1.54, 1.807) is 0 Å². The first-order valence-electron chi connectivity index (χ1n) is 4.37. The Labute approximate surface area is 72.8 Å². The van der Waals surface area contributed by atoms with Crippen LogP contribution in [0.5, 0.6) is 0 Å². The lowest BCUT2D eigenvalue weighted by Crippen LogP contribution is -2.49. The molecule has 0 aromatic heterocycles. The number of carboxylic acid groups (broad SMARTS) is 1. The van der Waals surface area contributed by atoms with E-state index in [9.17, 15) is 9.90 Å². The molecule has 0 unspecified atom stereocenters. The number of carboxylic acids is 1. The van der Waals surface area contributed by atoms with Crippen molar-refractivity contribution in [1.29, 1.82) is 0 Å². The molecule has 1 aliphatic heterocycles. The predicted octanol–water partition coefficient (Wildman–Crippen LogP) is -1.63. The Bertz CT molecular complexity index is 153. The standard InChI is InChI=1S/C8H16N2O2/c1-2-9-3-5-10(6-4-9)7-8(11)12/h2-7H2,1H3,(H,11,12)/p-1. The van der Waals surface area contributed by atoms with Crippen LogP contribution in [-0.4, -0.2) is 55.0 Å². The number of hydrogen-bond donors (Lipinski definition) is 0. The van der Waals surface area contributed by atoms with Crippen LogP contribution in [0.15, 0.2) is 0 Å². The molecule has 1 heterocycles. The van der Waals surface area contributed by atoms with Crippen molar-refractivity contribution in [1.82, 2.24) is 9.80 Å². The molecule has 70 valence electrons. The van der Waals surface area contributed by atoms with Gasteiger partial charge in [-0.2, -0.15) is 0 Å². The first-order valence-corrected chi connectivity index (χ1v) is 4.37. The fourth-order valence-corrected chi connectivity index (χ4v) is 1.45. The van der Waals surface area contributed by atoms with Crippen molar-refractivity contribution in [3.05, 3.63) is 0 Å². The summed E-state index contributed by atoms with van der Waals surface area (Å²) in [7, 11) is 0. The molecule has 12 heavy (non-hydrogen) atoms. The summed E-state index contributed by atoms with van der Waals surface area (Å²) in [5.74, 6) is -0.972. The molecule has 1 rings (SSSR count). The topological polar surface area (TPSA) is 46.6 Å². The van der Waals surface area contributed by atoms with E-state index in [1.807, 2.05) is 4.90 Å². The van der Waals surface area contributed by atoms with E-state index in [4.69, 9.17) is 0 Å². The summed E-state index contributed by atoms with van der Waals surface area (Å²) in [5.41, 5.74) is 0. The summed E-state index contributed by atoms with van der Waals surface area (Å²) in [4.78, 5) is 14.5. The Kier molecular flexibility index (Phi) is 3.49. The maximum Gasteiger partial charge on any atom is 0.0555 e. The van der Waals surface area contributed by atoms with Crippen molar-refractivity contribution in [3.63, 3.8) is 0 Å². The van der Waals surface area contributed by atoms with Gasteiger partial charge in [0.25, 0.3) is 0 Å². The maximum absolute atomic E-state index is 10.3. The van der Waals surface area contributed by atoms with E-state index in [-0.39, 0.29) is 6.54 Å². The molecule has 0 saturated carbocycles. The van der Waals surface area contributed by atoms with Gasteiger partial charge in [0.1, 0.15) is 0 Å². The van der Waals surface area contributed by atoms with Gasteiger partial charge in [-0.25, -0.2) is 0 Å². The average molecular weight is 171 g/mol. The third-order valence-electron chi connectivity index (χ3n) is 2.26. The van der Waals surface area contributed by atoms with Gasteiger partial charge in [0.05, 0.1) is 5.97 Å². The van der Waals surface area contributed by atoms with Crippen molar-refractivity contribution >= 4 is 5.97 Å². The number of carbonyl (C=O) groups excluding carboxylic acids is 1. The van der Waals surface area contributed by atoms with Crippen LogP contribution in [0.4, 0.5) is 0 Å². The number of hydrogen-bond acceptors (Lipinski definition) is 4. The maximum atomic E-state index is 10.3. The number of piperazine rings is 1. The molecule has 1 aliphatic rings. The normalized spacial score (nSPS) is 21.1. The minimum Gasteiger partial charge on any atom is -0.549 e. The van der Waals surface area contributed by atoms with Crippen molar-refractivity contribution in [2.24, 2.45) is 0 Å². The third kappa shape index (κ3) is 2.79. The van der Waals surface area contributed by atoms with Crippen molar-refractivity contribution in [2.45, 2.75) is 6.92 Å². The smallest absolute Gasteiger partial charge is 0.0555 e. The molecule has 0 bridgehead atoms. The molecular formula is C8H15N2O2-. The molecule has 1 fully saturated rings. The van der Waals surface area contributed by atoms with E-state index in [2.05, 4.69) is 11.8 Å². The summed E-state index contributed by atoms with van der Waals surface area (Å²) in [6, 6.07) is 0. The molecule has 4 nitrogen and oxygen atoms in total. The lowest BCUT2D eigenvalue weighted by molar-refractivity contribution is -0.306. The summed E-state index contributed by atoms with van der Waals surface area (Å²) in [6.07, 6.45) is 0. The Morgan fingerprint density at radius 3 is 2.17 bits per heavy atom. The van der Waals surface area contributed by atoms with Crippen molar-refractivity contribution in [2.75, 3.05) is 39.3 Å². The lowest BCUT2D eigenvalue weighted by atomic mass is 10.3. The zero-order chi connectivity index (χ0) is 8.97. The fourth-order valence-electron chi connectivity index (χ4n) is 1.45. The minimum absolute atomic E-state index is 0.0809. The highest BCUT2D eigenvalue weighted by molar-refractivity contribution is 5.66. The van der Waals surface area contributed by atoms with Crippen LogP contribution in [0.2, 0.25) is 0 Å². The average Bonchev–Trinajstić information content (AvgIpc) is 2.05. The first-order chi connectivity index (χ1) is 5.72. The van der Waals surface area contributed by atoms with E-state index in [0.717, 1.165) is 32.7 Å². The lowest BCUT2D eigenvalue weighted by Gasteiger charge is -2.33. The number of rotatable bonds is 3. The highest BCUT2D eigenvalue weighted by Gasteiger charge is 2.14. The monoisotopic (exact) mass is 171 g/mol. The van der Waals surface area contributed by atoms with Gasteiger partial charge in [0, 0.05) is 32.7 Å². The Morgan fingerprint density at radius 2 is 1.75 bits per heavy atom. The second-order valence-corrected chi connectivity index (χ2v) is 3.08. The highest BCUT2D eigenvalue weighted by Crippen LogP contribution is 1.99. The zero-order valence-electron chi connectivity index (χ0n) is 7.45. The zero-order valence-corrected chi connectivity index (χ0v) is 7.45. The predicted molar refractivity (Wildman–Crippen MR) is 43.6 cm³/mol. The molecule has 0 aromatic rings. The van der Waals surface area contributed by atoms with Crippen LogP contribution in [0.25, 0.3) is 0 Å². The minimum atomic E-state index is -0.972. The summed E-state index contributed by atoms with van der Waals surface area (Å²) < 4.78 is 0. The largest absolute Gasteiger partial charge is 0.549 e. The number of likely N-dealkylation sites (N-methyl/N-ethyl adjacent to an activating group) is 1. The van der Waals surface area contributed by atoms with E-state index >= 15 is 0 Å². The summed E-state index contributed by atoms with van der Waals surface area (Å²) in [6.45, 7) is 6.91. The first kappa shape index (κ1) is 9.48. The van der Waals surface area contributed by atoms with Crippen LogP contribution >= 0.6 is 0 Å². The fraction of sp³-hybridized carbons (Fsp3) is 0.875. The van der Waals surface area contributed by atoms with Crippen LogP contribution < -0.4 is 5.11 Å². The van der Waals surface area contributed by atoms with Crippen LogP contribution in [0.1, 0.15) is 6.92 Å². The van der Waals surface area contributed by atoms with E-state index in [0.29, 0.717) is 0 Å². The van der Waals surface area contributed by atoms with E-state index in [1.165, 1.54) is 0 Å². The van der Waals surface area contributed by atoms with Crippen molar-refractivity contribution in [3.8, 4) is 0 Å². The molecule has 0 spiro atoms. The van der Waals surface area contributed by atoms with Gasteiger partial charge in [-0.05, 0) is 6.54 Å². The molecule has 0 atom stereocenters. The van der Waals surface area contributed by atoms with E-state index < -0.39 is 5.97 Å². The Hall–Kier alpha value is -0.610. The quantitative estimate of drug-likeness (QED) is 0.511. The van der Waals surface area contributed by atoms with Gasteiger partial charge in [-0.1, -0.05) is 6.92 Å². The second-order valence-electron chi connectivity index (χ2n) is 3.08. The van der Waals surface area contributed by atoms with Gasteiger partial charge in [-0.3, -0.25) is 4.90 Å². The molecule has 4 heteroatoms. The second kappa shape index (κ2) is 4.42. The van der Waals surface area contributed by atoms with Gasteiger partial charge < -0.3 is 14.8 Å². The highest BCUT2D eigenvalue weighted by atomic mass is 16.4. The molecule has 0 radical (unpaired) electrons. The van der Waals surface area contributed by atoms with Gasteiger partial charge in [0.15, 0.2) is 0 Å². The molecule has 1 saturated heterocycles. The molecule has 0 amide bonds. The van der Waals surface area contributed by atoms with Crippen LogP contribution in [0.3, 0.4) is 0 Å². The number of nitrogens with zero attached hydrogens (tertiary/aromatic N) is 2. The van der Waals surface area contributed by atoms with Crippen LogP contribution in [-0.2, 0) is 4.79 Å². The third-order valence-corrected chi connectivity index (χ3v) is 2.26. The van der Waals surface area contributed by atoms with Gasteiger partial charge in [0.2, 0.25) is 0 Å². The molecule has 0 aliphatic carbocycles. The van der Waals surface area contributed by atoms with Gasteiger partial charge >= 0.3 is 0 Å². The van der Waals surface area contributed by atoms with Crippen molar-refractivity contribution < 1.29 is 9.90 Å².